The van der Waals surface area contributed by atoms with Crippen molar-refractivity contribution in [2.75, 3.05) is 19.0 Å². The molecule has 5 heteroatoms. The van der Waals surface area contributed by atoms with Crippen LogP contribution in [0.1, 0.15) is 38.4 Å². The van der Waals surface area contributed by atoms with Gasteiger partial charge in [0.25, 0.3) is 0 Å². The summed E-state index contributed by atoms with van der Waals surface area (Å²) >= 11 is 5.97. The molecule has 0 atom stereocenters. The summed E-state index contributed by atoms with van der Waals surface area (Å²) in [6, 6.07) is 1.77. The highest BCUT2D eigenvalue weighted by molar-refractivity contribution is 6.29. The molecule has 1 N–H and O–H groups in total. The Balaban J connectivity index is 1.96. The molecule has 0 bridgehead atoms. The second kappa shape index (κ2) is 5.85. The number of methoxy groups -OCH3 is 1. The maximum absolute atomic E-state index is 5.97. The van der Waals surface area contributed by atoms with Crippen molar-refractivity contribution in [2.24, 2.45) is 5.41 Å². The third-order valence-corrected chi connectivity index (χ3v) is 3.59. The van der Waals surface area contributed by atoms with E-state index in [0.717, 1.165) is 12.4 Å². The molecule has 0 amide bonds. The lowest BCUT2D eigenvalue weighted by Gasteiger charge is -2.15. The van der Waals surface area contributed by atoms with Gasteiger partial charge in [-0.2, -0.15) is 0 Å². The predicted octanol–water partition coefficient (Wildman–Crippen LogP) is 3.27. The van der Waals surface area contributed by atoms with Gasteiger partial charge in [-0.1, -0.05) is 24.9 Å². The van der Waals surface area contributed by atoms with Crippen LogP contribution in [0.25, 0.3) is 0 Å². The minimum atomic E-state index is 0.384. The van der Waals surface area contributed by atoms with Gasteiger partial charge in [-0.3, -0.25) is 0 Å². The molecule has 0 spiro atoms. The van der Waals surface area contributed by atoms with Gasteiger partial charge in [-0.15, -0.1) is 0 Å². The summed E-state index contributed by atoms with van der Waals surface area (Å²) in [4.78, 5) is 8.49. The SMILES string of the molecule is CCCC1(CNc2cc(Cl)nc(COC)n2)CC1. The highest BCUT2D eigenvalue weighted by Gasteiger charge is 2.41. The van der Waals surface area contributed by atoms with Crippen molar-refractivity contribution in [3.63, 3.8) is 0 Å². The van der Waals surface area contributed by atoms with E-state index in [-0.39, 0.29) is 0 Å². The summed E-state index contributed by atoms with van der Waals surface area (Å²) in [5.74, 6) is 1.41. The topological polar surface area (TPSA) is 47.0 Å². The van der Waals surface area contributed by atoms with Crippen LogP contribution in [-0.2, 0) is 11.3 Å². The lowest BCUT2D eigenvalue weighted by Crippen LogP contribution is -2.16. The van der Waals surface area contributed by atoms with Crippen LogP contribution in [0, 0.1) is 5.41 Å². The van der Waals surface area contributed by atoms with Gasteiger partial charge in [-0.25, -0.2) is 9.97 Å². The van der Waals surface area contributed by atoms with E-state index in [1.54, 1.807) is 13.2 Å². The highest BCUT2D eigenvalue weighted by Crippen LogP contribution is 2.49. The van der Waals surface area contributed by atoms with Gasteiger partial charge in [0.2, 0.25) is 0 Å². The average molecular weight is 270 g/mol. The van der Waals surface area contributed by atoms with Crippen molar-refractivity contribution in [3.8, 4) is 0 Å². The Morgan fingerprint density at radius 3 is 2.83 bits per heavy atom. The predicted molar refractivity (Wildman–Crippen MR) is 72.8 cm³/mol. The third kappa shape index (κ3) is 3.56. The number of halogens is 1. The number of nitrogens with zero attached hydrogens (tertiary/aromatic N) is 2. The molecule has 1 saturated carbocycles. The van der Waals surface area contributed by atoms with Crippen LogP contribution in [0.4, 0.5) is 5.82 Å². The molecule has 0 saturated heterocycles. The molecule has 0 unspecified atom stereocenters. The van der Waals surface area contributed by atoms with Crippen LogP contribution in [-0.4, -0.2) is 23.6 Å². The van der Waals surface area contributed by atoms with Gasteiger partial charge < -0.3 is 10.1 Å². The van der Waals surface area contributed by atoms with Crippen molar-refractivity contribution in [2.45, 2.75) is 39.2 Å². The summed E-state index contributed by atoms with van der Waals surface area (Å²) in [5.41, 5.74) is 0.494. The minimum absolute atomic E-state index is 0.384. The van der Waals surface area contributed by atoms with Crippen LogP contribution < -0.4 is 5.32 Å². The fraction of sp³-hybridized carbons (Fsp3) is 0.692. The van der Waals surface area contributed by atoms with Gasteiger partial charge >= 0.3 is 0 Å². The Bertz CT molecular complexity index is 407. The first-order valence-corrected chi connectivity index (χ1v) is 6.81. The molecule has 2 rings (SSSR count). The molecule has 1 aromatic rings. The molecular weight excluding hydrogens is 250 g/mol. The first-order chi connectivity index (χ1) is 8.67. The molecule has 0 aromatic carbocycles. The molecule has 100 valence electrons. The second-order valence-corrected chi connectivity index (χ2v) is 5.42. The van der Waals surface area contributed by atoms with E-state index in [1.807, 2.05) is 0 Å². The Morgan fingerprint density at radius 1 is 1.44 bits per heavy atom. The lowest BCUT2D eigenvalue weighted by atomic mass is 10.0. The minimum Gasteiger partial charge on any atom is -0.377 e. The van der Waals surface area contributed by atoms with Crippen LogP contribution >= 0.6 is 11.6 Å². The molecule has 1 heterocycles. The standard InChI is InChI=1S/C13H20ClN3O/c1-3-4-13(5-6-13)9-15-11-7-10(14)16-12(17-11)8-18-2/h7H,3-6,8-9H2,1-2H3,(H,15,16,17). The zero-order valence-electron chi connectivity index (χ0n) is 11.0. The van der Waals surface area contributed by atoms with E-state index in [0.29, 0.717) is 23.0 Å². The number of hydrogen-bond acceptors (Lipinski definition) is 4. The number of aromatic nitrogens is 2. The van der Waals surface area contributed by atoms with E-state index in [4.69, 9.17) is 16.3 Å². The number of nitrogens with one attached hydrogen (secondary N) is 1. The summed E-state index contributed by atoms with van der Waals surface area (Å²) in [5, 5.41) is 3.84. The van der Waals surface area contributed by atoms with Crippen LogP contribution in [0.2, 0.25) is 5.15 Å². The molecule has 1 aromatic heterocycles. The van der Waals surface area contributed by atoms with Crippen molar-refractivity contribution < 1.29 is 4.74 Å². The fourth-order valence-corrected chi connectivity index (χ4v) is 2.45. The third-order valence-electron chi connectivity index (χ3n) is 3.40. The largest absolute Gasteiger partial charge is 0.377 e. The number of rotatable bonds is 7. The Kier molecular flexibility index (Phi) is 4.40. The molecule has 1 aliphatic rings. The van der Waals surface area contributed by atoms with Gasteiger partial charge in [0, 0.05) is 19.7 Å². The van der Waals surface area contributed by atoms with Crippen molar-refractivity contribution in [3.05, 3.63) is 17.0 Å². The Morgan fingerprint density at radius 2 is 2.22 bits per heavy atom. The van der Waals surface area contributed by atoms with Gasteiger partial charge in [0.05, 0.1) is 0 Å². The molecule has 1 fully saturated rings. The second-order valence-electron chi connectivity index (χ2n) is 5.03. The van der Waals surface area contributed by atoms with E-state index in [1.165, 1.54) is 25.7 Å². The lowest BCUT2D eigenvalue weighted by molar-refractivity contribution is 0.178. The first-order valence-electron chi connectivity index (χ1n) is 6.44. The van der Waals surface area contributed by atoms with Crippen LogP contribution in [0.3, 0.4) is 0 Å². The Hall–Kier alpha value is -0.870. The quantitative estimate of drug-likeness (QED) is 0.772. The van der Waals surface area contributed by atoms with Gasteiger partial charge in [-0.05, 0) is 24.7 Å². The number of ether oxygens (including phenoxy) is 1. The highest BCUT2D eigenvalue weighted by atomic mass is 35.5. The van der Waals surface area contributed by atoms with Crippen molar-refractivity contribution in [1.29, 1.82) is 0 Å². The summed E-state index contributed by atoms with van der Waals surface area (Å²) < 4.78 is 5.02. The fourth-order valence-electron chi connectivity index (χ4n) is 2.25. The maximum Gasteiger partial charge on any atom is 0.158 e. The summed E-state index contributed by atoms with van der Waals surface area (Å²) in [7, 11) is 1.62. The normalized spacial score (nSPS) is 16.6. The molecule has 0 radical (unpaired) electrons. The summed E-state index contributed by atoms with van der Waals surface area (Å²) in [6.07, 6.45) is 5.15. The maximum atomic E-state index is 5.97. The smallest absolute Gasteiger partial charge is 0.158 e. The summed E-state index contributed by atoms with van der Waals surface area (Å²) in [6.45, 7) is 3.59. The van der Waals surface area contributed by atoms with Crippen LogP contribution in [0.5, 0.6) is 0 Å². The van der Waals surface area contributed by atoms with E-state index >= 15 is 0 Å². The zero-order valence-corrected chi connectivity index (χ0v) is 11.8. The average Bonchev–Trinajstić information content (AvgIpc) is 3.07. The van der Waals surface area contributed by atoms with E-state index in [2.05, 4.69) is 22.2 Å². The monoisotopic (exact) mass is 269 g/mol. The molecule has 18 heavy (non-hydrogen) atoms. The van der Waals surface area contributed by atoms with E-state index < -0.39 is 0 Å². The van der Waals surface area contributed by atoms with Crippen LogP contribution in [0.15, 0.2) is 6.07 Å². The molecule has 1 aliphatic carbocycles. The number of hydrogen-bond donors (Lipinski definition) is 1. The Labute approximate surface area is 113 Å². The first kappa shape index (κ1) is 13.6. The number of anilines is 1. The molecule has 0 aliphatic heterocycles. The zero-order chi connectivity index (χ0) is 13.0. The van der Waals surface area contributed by atoms with E-state index in [9.17, 15) is 0 Å². The van der Waals surface area contributed by atoms with Gasteiger partial charge in [0.15, 0.2) is 5.82 Å². The van der Waals surface area contributed by atoms with Crippen molar-refractivity contribution in [1.82, 2.24) is 9.97 Å². The molecule has 4 nitrogen and oxygen atoms in total. The van der Waals surface area contributed by atoms with Gasteiger partial charge in [0.1, 0.15) is 17.6 Å². The molecular formula is C13H20ClN3O. The van der Waals surface area contributed by atoms with Crippen molar-refractivity contribution >= 4 is 17.4 Å².